The molecule has 1 heterocycles. The van der Waals surface area contributed by atoms with Gasteiger partial charge in [0.1, 0.15) is 5.75 Å². The average molecular weight is 455 g/mol. The van der Waals surface area contributed by atoms with Crippen molar-refractivity contribution in [2.75, 3.05) is 5.73 Å². The molecule has 0 amide bonds. The number of rotatable bonds is 7. The second-order valence-corrected chi connectivity index (χ2v) is 10.7. The molecule has 1 saturated carbocycles. The Kier molecular flexibility index (Phi) is 5.17. The zero-order valence-corrected chi connectivity index (χ0v) is 18.9. The first-order chi connectivity index (χ1) is 15.3. The van der Waals surface area contributed by atoms with E-state index in [-0.39, 0.29) is 17.4 Å². The lowest BCUT2D eigenvalue weighted by molar-refractivity contribution is 0.244. The van der Waals surface area contributed by atoms with Crippen molar-refractivity contribution in [1.82, 2.24) is 14.9 Å². The molecule has 0 aliphatic heterocycles. The minimum Gasteiger partial charge on any atom is -0.489 e. The largest absolute Gasteiger partial charge is 0.489 e. The number of anilines is 1. The Morgan fingerprint density at radius 3 is 2.72 bits per heavy atom. The average Bonchev–Trinajstić information content (AvgIpc) is 3.38. The Morgan fingerprint density at radius 2 is 2.00 bits per heavy atom. The predicted molar refractivity (Wildman–Crippen MR) is 121 cm³/mol. The maximum Gasteiger partial charge on any atom is 0.258 e. The molecule has 0 radical (unpaired) electrons. The zero-order valence-electron chi connectivity index (χ0n) is 18.0. The zero-order chi connectivity index (χ0) is 22.5. The molecule has 0 saturated heterocycles. The second kappa shape index (κ2) is 7.90. The van der Waals surface area contributed by atoms with Crippen LogP contribution in [0, 0.1) is 0 Å². The van der Waals surface area contributed by atoms with Gasteiger partial charge in [-0.3, -0.25) is 0 Å². The van der Waals surface area contributed by atoms with Crippen molar-refractivity contribution < 1.29 is 17.7 Å². The van der Waals surface area contributed by atoms with Crippen molar-refractivity contribution in [2.24, 2.45) is 0 Å². The molecule has 1 aromatic heterocycles. The highest BCUT2D eigenvalue weighted by Gasteiger charge is 2.38. The van der Waals surface area contributed by atoms with Crippen molar-refractivity contribution in [3.05, 3.63) is 47.5 Å². The van der Waals surface area contributed by atoms with E-state index in [0.717, 1.165) is 42.4 Å². The first-order valence-corrected chi connectivity index (χ1v) is 12.4. The van der Waals surface area contributed by atoms with Crippen molar-refractivity contribution in [3.63, 3.8) is 0 Å². The molecule has 2 aliphatic carbocycles. The van der Waals surface area contributed by atoms with Gasteiger partial charge >= 0.3 is 0 Å². The summed E-state index contributed by atoms with van der Waals surface area (Å²) >= 11 is 0. The Balaban J connectivity index is 1.41. The third-order valence-corrected chi connectivity index (χ3v) is 7.79. The van der Waals surface area contributed by atoms with Crippen molar-refractivity contribution in [1.29, 1.82) is 0 Å². The van der Waals surface area contributed by atoms with Crippen molar-refractivity contribution in [2.45, 2.75) is 56.9 Å². The summed E-state index contributed by atoms with van der Waals surface area (Å²) in [5, 5.41) is 3.95. The van der Waals surface area contributed by atoms with E-state index in [4.69, 9.17) is 15.0 Å². The van der Waals surface area contributed by atoms with E-state index in [0.29, 0.717) is 28.7 Å². The molecule has 3 N–H and O–H groups in total. The molecule has 0 spiro atoms. The van der Waals surface area contributed by atoms with Crippen LogP contribution in [0.25, 0.3) is 22.8 Å². The lowest BCUT2D eigenvalue weighted by atomic mass is 10.0. The summed E-state index contributed by atoms with van der Waals surface area (Å²) in [7, 11) is -3.26. The molecular weight excluding hydrogens is 428 g/mol. The van der Waals surface area contributed by atoms with Crippen LogP contribution >= 0.6 is 0 Å². The van der Waals surface area contributed by atoms with Crippen molar-refractivity contribution in [3.8, 4) is 28.6 Å². The molecule has 3 aromatic rings. The van der Waals surface area contributed by atoms with E-state index in [2.05, 4.69) is 14.9 Å². The normalized spacial score (nSPS) is 18.2. The maximum absolute atomic E-state index is 12.4. The number of sulfonamides is 1. The Hall–Kier alpha value is -2.91. The molecule has 168 valence electrons. The number of hydrogen-bond donors (Lipinski definition) is 2. The number of nitrogen functional groups attached to an aromatic ring is 1. The van der Waals surface area contributed by atoms with E-state index >= 15 is 0 Å². The summed E-state index contributed by atoms with van der Waals surface area (Å²) in [5.41, 5.74) is 10.2. The Labute approximate surface area is 187 Å². The second-order valence-electron chi connectivity index (χ2n) is 8.67. The summed E-state index contributed by atoms with van der Waals surface area (Å²) in [6.45, 7) is 3.88. The highest BCUT2D eigenvalue weighted by atomic mass is 32.2. The number of nitrogens with one attached hydrogen (secondary N) is 1. The molecule has 2 aromatic carbocycles. The SMILES string of the molecule is CC(C)Oc1ccc(-c2nc(-c3cccc4c3CC[C@@H]4NS(=O)(=O)C3CC3)no2)cc1N. The lowest BCUT2D eigenvalue weighted by Gasteiger charge is -2.14. The quantitative estimate of drug-likeness (QED) is 0.520. The summed E-state index contributed by atoms with van der Waals surface area (Å²) in [6.07, 6.45) is 2.99. The van der Waals surface area contributed by atoms with Gasteiger partial charge < -0.3 is 15.0 Å². The van der Waals surface area contributed by atoms with Crippen LogP contribution in [0.15, 0.2) is 40.9 Å². The van der Waals surface area contributed by atoms with Crippen LogP contribution in [-0.4, -0.2) is 29.9 Å². The van der Waals surface area contributed by atoms with Crippen LogP contribution in [0.4, 0.5) is 5.69 Å². The molecular formula is C23H26N4O4S. The number of nitrogens with zero attached hydrogens (tertiary/aromatic N) is 2. The number of aromatic nitrogens is 2. The van der Waals surface area contributed by atoms with Crippen LogP contribution < -0.4 is 15.2 Å². The van der Waals surface area contributed by atoms with Gasteiger partial charge in [-0.15, -0.1) is 0 Å². The minimum absolute atomic E-state index is 0.0240. The smallest absolute Gasteiger partial charge is 0.258 e. The number of fused-ring (bicyclic) bond motifs is 1. The number of benzene rings is 2. The molecule has 0 bridgehead atoms. The first-order valence-electron chi connectivity index (χ1n) is 10.9. The number of hydrogen-bond acceptors (Lipinski definition) is 7. The van der Waals surface area contributed by atoms with Gasteiger partial charge in [-0.05, 0) is 68.9 Å². The fraction of sp³-hybridized carbons (Fsp3) is 0.391. The van der Waals surface area contributed by atoms with Gasteiger partial charge in [0.05, 0.1) is 17.0 Å². The van der Waals surface area contributed by atoms with Gasteiger partial charge in [0, 0.05) is 17.2 Å². The maximum atomic E-state index is 12.4. The molecule has 9 heteroatoms. The third kappa shape index (κ3) is 3.98. The molecule has 0 unspecified atom stereocenters. The van der Waals surface area contributed by atoms with Gasteiger partial charge in [0.2, 0.25) is 15.8 Å². The first kappa shape index (κ1) is 21.0. The minimum atomic E-state index is -3.26. The molecule has 1 fully saturated rings. The molecule has 2 aliphatic rings. The van der Waals surface area contributed by atoms with Crippen LogP contribution in [0.1, 0.15) is 50.3 Å². The van der Waals surface area contributed by atoms with Gasteiger partial charge in [0.15, 0.2) is 0 Å². The van der Waals surface area contributed by atoms with Gasteiger partial charge in [0.25, 0.3) is 5.89 Å². The van der Waals surface area contributed by atoms with Crippen LogP contribution in [-0.2, 0) is 16.4 Å². The fourth-order valence-corrected chi connectivity index (χ4v) is 5.74. The standard InChI is InChI=1S/C23H26N4O4S/c1-13(2)30-21-11-6-14(12-19(21)24)23-25-22(26-31-23)18-5-3-4-17-16(18)9-10-20(17)27-32(28,29)15-7-8-15/h3-6,11-13,15,20,27H,7-10,24H2,1-2H3/t20-/m0/s1. The van der Waals surface area contributed by atoms with Gasteiger partial charge in [-0.2, -0.15) is 4.98 Å². The monoisotopic (exact) mass is 454 g/mol. The fourth-order valence-electron chi connectivity index (χ4n) is 4.15. The van der Waals surface area contributed by atoms with Crippen molar-refractivity contribution >= 4 is 15.7 Å². The van der Waals surface area contributed by atoms with Gasteiger partial charge in [-0.25, -0.2) is 13.1 Å². The summed E-state index contributed by atoms with van der Waals surface area (Å²) in [4.78, 5) is 4.59. The highest BCUT2D eigenvalue weighted by Crippen LogP contribution is 2.39. The third-order valence-electron chi connectivity index (χ3n) is 5.83. The summed E-state index contributed by atoms with van der Waals surface area (Å²) in [5.74, 6) is 1.46. The topological polar surface area (TPSA) is 120 Å². The van der Waals surface area contributed by atoms with E-state index in [1.165, 1.54) is 0 Å². The number of nitrogens with two attached hydrogens (primary N) is 1. The number of ether oxygens (including phenoxy) is 1. The van der Waals surface area contributed by atoms with Gasteiger partial charge in [-0.1, -0.05) is 23.4 Å². The molecule has 1 atom stereocenters. The summed E-state index contributed by atoms with van der Waals surface area (Å²) in [6, 6.07) is 11.0. The van der Waals surface area contributed by atoms with Crippen LogP contribution in [0.2, 0.25) is 0 Å². The van der Waals surface area contributed by atoms with Crippen LogP contribution in [0.3, 0.4) is 0 Å². The highest BCUT2D eigenvalue weighted by molar-refractivity contribution is 7.90. The lowest BCUT2D eigenvalue weighted by Crippen LogP contribution is -2.30. The van der Waals surface area contributed by atoms with E-state index in [1.807, 2.05) is 38.1 Å². The van der Waals surface area contributed by atoms with E-state index in [1.54, 1.807) is 12.1 Å². The van der Waals surface area contributed by atoms with Crippen LogP contribution in [0.5, 0.6) is 5.75 Å². The molecule has 32 heavy (non-hydrogen) atoms. The molecule has 5 rings (SSSR count). The Bertz CT molecular complexity index is 1260. The van der Waals surface area contributed by atoms with E-state index in [9.17, 15) is 8.42 Å². The van der Waals surface area contributed by atoms with E-state index < -0.39 is 10.0 Å². The summed E-state index contributed by atoms with van der Waals surface area (Å²) < 4.78 is 38.9. The molecule has 8 nitrogen and oxygen atoms in total. The predicted octanol–water partition coefficient (Wildman–Crippen LogP) is 3.84. The Morgan fingerprint density at radius 1 is 1.19 bits per heavy atom.